The predicted molar refractivity (Wildman–Crippen MR) is 99.4 cm³/mol. The van der Waals surface area contributed by atoms with Crippen molar-refractivity contribution in [3.8, 4) is 0 Å². The average Bonchev–Trinajstić information content (AvgIpc) is 2.60. The average molecular weight is 386 g/mol. The van der Waals surface area contributed by atoms with Crippen LogP contribution in [0.5, 0.6) is 0 Å². The van der Waals surface area contributed by atoms with Gasteiger partial charge in [0.15, 0.2) is 0 Å². The Morgan fingerprint density at radius 3 is 2.75 bits per heavy atom. The van der Waals surface area contributed by atoms with Crippen LogP contribution >= 0.6 is 35.5 Å². The van der Waals surface area contributed by atoms with Gasteiger partial charge in [0.25, 0.3) is 0 Å². The van der Waals surface area contributed by atoms with E-state index in [1.807, 2.05) is 37.4 Å². The first-order valence-corrected chi connectivity index (χ1v) is 10.2. The number of hydrogen-bond acceptors (Lipinski definition) is 7. The molecule has 9 heteroatoms. The molecule has 0 unspecified atom stereocenters. The molecule has 1 aliphatic rings. The van der Waals surface area contributed by atoms with Crippen LogP contribution in [0.2, 0.25) is 0 Å². The second-order valence-electron chi connectivity index (χ2n) is 4.69. The number of amides is 2. The van der Waals surface area contributed by atoms with E-state index >= 15 is 0 Å². The van der Waals surface area contributed by atoms with Gasteiger partial charge in [-0.15, -0.1) is 11.8 Å². The van der Waals surface area contributed by atoms with Crippen molar-refractivity contribution >= 4 is 47.5 Å². The summed E-state index contributed by atoms with van der Waals surface area (Å²) in [6.45, 7) is 2.38. The van der Waals surface area contributed by atoms with Gasteiger partial charge in [-0.1, -0.05) is 23.9 Å². The fourth-order valence-electron chi connectivity index (χ4n) is 1.77. The van der Waals surface area contributed by atoms with E-state index in [1.165, 1.54) is 32.9 Å². The SMILES string of the molecule is CCN(Sc1ccccc1SC)C(=O)ONC1=CN(C)C(=O)CS1. The molecule has 1 heterocycles. The van der Waals surface area contributed by atoms with Gasteiger partial charge in [-0.3, -0.25) is 4.79 Å². The maximum Gasteiger partial charge on any atom is 0.444 e. The summed E-state index contributed by atoms with van der Waals surface area (Å²) < 4.78 is 1.53. The van der Waals surface area contributed by atoms with Crippen LogP contribution in [-0.4, -0.2) is 46.8 Å². The summed E-state index contributed by atoms with van der Waals surface area (Å²) in [7, 11) is 1.67. The van der Waals surface area contributed by atoms with E-state index in [0.29, 0.717) is 17.3 Å². The molecule has 130 valence electrons. The fraction of sp³-hybridized carbons (Fsp3) is 0.333. The van der Waals surface area contributed by atoms with E-state index in [2.05, 4.69) is 5.48 Å². The summed E-state index contributed by atoms with van der Waals surface area (Å²) in [5, 5.41) is 0.621. The minimum Gasteiger partial charge on any atom is -0.323 e. The number of nitrogens with one attached hydrogen (secondary N) is 1. The third-order valence-electron chi connectivity index (χ3n) is 3.06. The van der Waals surface area contributed by atoms with Gasteiger partial charge < -0.3 is 9.74 Å². The highest BCUT2D eigenvalue weighted by Gasteiger charge is 2.20. The molecule has 0 bridgehead atoms. The van der Waals surface area contributed by atoms with E-state index in [-0.39, 0.29) is 5.91 Å². The molecular formula is C15H19N3O3S3. The molecule has 6 nitrogen and oxygen atoms in total. The van der Waals surface area contributed by atoms with Crippen LogP contribution in [0.15, 0.2) is 45.3 Å². The third kappa shape index (κ3) is 5.02. The Hall–Kier alpha value is -1.45. The summed E-state index contributed by atoms with van der Waals surface area (Å²) in [6.07, 6.45) is 3.12. The van der Waals surface area contributed by atoms with Crippen molar-refractivity contribution in [3.63, 3.8) is 0 Å². The molecule has 0 saturated heterocycles. The normalized spacial score (nSPS) is 14.2. The number of thioether (sulfide) groups is 2. The van der Waals surface area contributed by atoms with Crippen molar-refractivity contribution in [1.82, 2.24) is 14.7 Å². The standard InChI is InChI=1S/C15H19N3O3S3/c1-4-18(24-12-8-6-5-7-11(12)22-3)15(20)21-16-13-9-17(2)14(19)10-23-13/h5-9,16H,4,10H2,1-3H3. The maximum atomic E-state index is 12.3. The van der Waals surface area contributed by atoms with Gasteiger partial charge in [0.1, 0.15) is 5.03 Å². The van der Waals surface area contributed by atoms with E-state index in [4.69, 9.17) is 4.84 Å². The zero-order chi connectivity index (χ0) is 17.5. The Balaban J connectivity index is 1.94. The van der Waals surface area contributed by atoms with Crippen molar-refractivity contribution < 1.29 is 14.4 Å². The van der Waals surface area contributed by atoms with E-state index in [1.54, 1.807) is 25.0 Å². The number of carbonyl (C=O) groups excluding carboxylic acids is 2. The zero-order valence-electron chi connectivity index (χ0n) is 13.6. The largest absolute Gasteiger partial charge is 0.444 e. The first-order valence-electron chi connectivity index (χ1n) is 7.20. The molecule has 24 heavy (non-hydrogen) atoms. The number of hydrogen-bond donors (Lipinski definition) is 1. The van der Waals surface area contributed by atoms with Crippen LogP contribution in [0.25, 0.3) is 0 Å². The summed E-state index contributed by atoms with van der Waals surface area (Å²) >= 11 is 4.27. The van der Waals surface area contributed by atoms with Crippen LogP contribution in [0.1, 0.15) is 6.92 Å². The number of hydroxylamine groups is 1. The van der Waals surface area contributed by atoms with Crippen molar-refractivity contribution in [2.45, 2.75) is 16.7 Å². The molecule has 0 aliphatic carbocycles. The second-order valence-corrected chi connectivity index (χ2v) is 7.62. The molecule has 0 spiro atoms. The van der Waals surface area contributed by atoms with Crippen LogP contribution in [-0.2, 0) is 9.63 Å². The third-order valence-corrected chi connectivity index (χ3v) is 6.06. The second kappa shape index (κ2) is 9.14. The minimum atomic E-state index is -0.487. The van der Waals surface area contributed by atoms with E-state index in [9.17, 15) is 9.59 Å². The van der Waals surface area contributed by atoms with Gasteiger partial charge >= 0.3 is 6.09 Å². The number of rotatable bonds is 6. The van der Waals surface area contributed by atoms with Gasteiger partial charge in [0, 0.05) is 29.6 Å². The summed E-state index contributed by atoms with van der Waals surface area (Å²) in [4.78, 5) is 32.4. The fourth-order valence-corrected chi connectivity index (χ4v) is 4.21. The molecule has 1 N–H and O–H groups in total. The molecule has 1 aromatic rings. The monoisotopic (exact) mass is 385 g/mol. The number of benzene rings is 1. The highest BCUT2D eigenvalue weighted by molar-refractivity contribution is 8.03. The molecule has 0 atom stereocenters. The Morgan fingerprint density at radius 1 is 1.42 bits per heavy atom. The molecule has 2 amide bonds. The lowest BCUT2D eigenvalue weighted by Crippen LogP contribution is -2.33. The van der Waals surface area contributed by atoms with Gasteiger partial charge in [-0.05, 0) is 37.3 Å². The molecule has 0 radical (unpaired) electrons. The summed E-state index contributed by atoms with van der Waals surface area (Å²) in [5.41, 5.74) is 2.62. The first-order chi connectivity index (χ1) is 11.5. The van der Waals surface area contributed by atoms with Crippen LogP contribution in [0.4, 0.5) is 4.79 Å². The topological polar surface area (TPSA) is 61.9 Å². The first kappa shape index (κ1) is 18.9. The van der Waals surface area contributed by atoms with Crippen molar-refractivity contribution in [2.24, 2.45) is 0 Å². The lowest BCUT2D eigenvalue weighted by atomic mass is 10.4. The van der Waals surface area contributed by atoms with Crippen LogP contribution < -0.4 is 5.48 Å². The molecule has 2 rings (SSSR count). The molecule has 0 aromatic heterocycles. The number of carbonyl (C=O) groups is 2. The Bertz CT molecular complexity index is 639. The van der Waals surface area contributed by atoms with Crippen molar-refractivity contribution in [2.75, 3.05) is 25.6 Å². The van der Waals surface area contributed by atoms with E-state index in [0.717, 1.165) is 9.79 Å². The van der Waals surface area contributed by atoms with Crippen LogP contribution in [0.3, 0.4) is 0 Å². The Labute approximate surface area is 154 Å². The number of nitrogens with zero attached hydrogens (tertiary/aromatic N) is 2. The Morgan fingerprint density at radius 2 is 2.12 bits per heavy atom. The van der Waals surface area contributed by atoms with Gasteiger partial charge in [-0.2, -0.15) is 0 Å². The van der Waals surface area contributed by atoms with Crippen molar-refractivity contribution in [1.29, 1.82) is 0 Å². The summed E-state index contributed by atoms with van der Waals surface area (Å²) in [6, 6.07) is 7.90. The molecule has 0 fully saturated rings. The summed E-state index contributed by atoms with van der Waals surface area (Å²) in [5.74, 6) is 0.330. The van der Waals surface area contributed by atoms with Crippen LogP contribution in [0, 0.1) is 0 Å². The van der Waals surface area contributed by atoms with Gasteiger partial charge in [0.05, 0.1) is 5.75 Å². The van der Waals surface area contributed by atoms with E-state index < -0.39 is 6.09 Å². The molecule has 1 aromatic carbocycles. The predicted octanol–water partition coefficient (Wildman–Crippen LogP) is 3.38. The lowest BCUT2D eigenvalue weighted by molar-refractivity contribution is -0.125. The molecular weight excluding hydrogens is 366 g/mol. The van der Waals surface area contributed by atoms with Gasteiger partial charge in [0.2, 0.25) is 5.91 Å². The molecule has 1 aliphatic heterocycles. The van der Waals surface area contributed by atoms with Crippen molar-refractivity contribution in [3.05, 3.63) is 35.5 Å². The minimum absolute atomic E-state index is 0.0105. The van der Waals surface area contributed by atoms with Gasteiger partial charge in [-0.25, -0.2) is 14.6 Å². The zero-order valence-corrected chi connectivity index (χ0v) is 16.1. The highest BCUT2D eigenvalue weighted by atomic mass is 32.2. The quantitative estimate of drug-likeness (QED) is 0.457. The molecule has 0 saturated carbocycles. The lowest BCUT2D eigenvalue weighted by Gasteiger charge is -2.23. The maximum absolute atomic E-state index is 12.3. The highest BCUT2D eigenvalue weighted by Crippen LogP contribution is 2.31. The Kier molecular flexibility index (Phi) is 7.19. The smallest absolute Gasteiger partial charge is 0.323 e.